The summed E-state index contributed by atoms with van der Waals surface area (Å²) in [6.07, 6.45) is 1.86. The number of carbonyl (C=O) groups excluding carboxylic acids is 2. The molecule has 32 heavy (non-hydrogen) atoms. The zero-order valence-electron chi connectivity index (χ0n) is 17.2. The third kappa shape index (κ3) is 5.21. The summed E-state index contributed by atoms with van der Waals surface area (Å²) >= 11 is 0. The Hall–Kier alpha value is -3.09. The van der Waals surface area contributed by atoms with Crippen LogP contribution < -0.4 is 20.9 Å². The van der Waals surface area contributed by atoms with Gasteiger partial charge in [0.1, 0.15) is 5.75 Å². The van der Waals surface area contributed by atoms with E-state index < -0.39 is 26.5 Å². The zero-order chi connectivity index (χ0) is 23.0. The predicted octanol–water partition coefficient (Wildman–Crippen LogP) is 1.70. The van der Waals surface area contributed by atoms with E-state index >= 15 is 0 Å². The van der Waals surface area contributed by atoms with Crippen LogP contribution in [0.4, 0.5) is 10.7 Å². The molecule has 0 saturated carbocycles. The summed E-state index contributed by atoms with van der Waals surface area (Å²) in [7, 11) is -4.08. The summed E-state index contributed by atoms with van der Waals surface area (Å²) in [5.41, 5.74) is 1.48. The van der Waals surface area contributed by atoms with Gasteiger partial charge < -0.3 is 19.2 Å². The molecule has 0 bridgehead atoms. The molecule has 2 aromatic rings. The number of hydrogen-bond donors (Lipinski definition) is 4. The number of anilines is 1. The summed E-state index contributed by atoms with van der Waals surface area (Å²) in [4.78, 5) is 23.9. The molecule has 1 saturated heterocycles. The van der Waals surface area contributed by atoms with E-state index in [-0.39, 0.29) is 31.0 Å². The van der Waals surface area contributed by atoms with Crippen LogP contribution in [0.1, 0.15) is 19.3 Å². The first-order valence-electron chi connectivity index (χ1n) is 9.97. The molecule has 2 heterocycles. The molecule has 1 fully saturated rings. The Morgan fingerprint density at radius 3 is 2.47 bits per heavy atom. The average molecular weight is 468 g/mol. The molecule has 1 aliphatic heterocycles. The monoisotopic (exact) mass is 467 g/mol. The number of sulfone groups is 1. The van der Waals surface area contributed by atoms with E-state index in [2.05, 4.69) is 10.6 Å². The SMILES string of the molecule is O=C(NCCCOc1ccc(S(=O)(=O)C2(C(=O)NO)CCOCC2)cc1)Nc1ccco1. The van der Waals surface area contributed by atoms with Crippen LogP contribution in [0.15, 0.2) is 52.0 Å². The van der Waals surface area contributed by atoms with Crippen molar-refractivity contribution in [2.24, 2.45) is 0 Å². The van der Waals surface area contributed by atoms with Gasteiger partial charge in [-0.25, -0.2) is 18.7 Å². The van der Waals surface area contributed by atoms with E-state index in [4.69, 9.17) is 19.1 Å². The maximum atomic E-state index is 13.2. The van der Waals surface area contributed by atoms with Gasteiger partial charge in [0.2, 0.25) is 5.88 Å². The highest BCUT2D eigenvalue weighted by Gasteiger charge is 2.52. The van der Waals surface area contributed by atoms with Crippen molar-refractivity contribution in [1.29, 1.82) is 0 Å². The molecule has 0 spiro atoms. The second-order valence-corrected chi connectivity index (χ2v) is 9.34. The van der Waals surface area contributed by atoms with Crippen LogP contribution in [-0.2, 0) is 19.4 Å². The summed E-state index contributed by atoms with van der Waals surface area (Å²) in [6, 6.07) is 8.59. The molecule has 0 radical (unpaired) electrons. The van der Waals surface area contributed by atoms with E-state index in [1.807, 2.05) is 0 Å². The van der Waals surface area contributed by atoms with Crippen LogP contribution in [0.5, 0.6) is 5.75 Å². The molecule has 1 aromatic heterocycles. The number of amides is 3. The second-order valence-electron chi connectivity index (χ2n) is 7.08. The van der Waals surface area contributed by atoms with Crippen molar-refractivity contribution < 1.29 is 37.1 Å². The van der Waals surface area contributed by atoms with E-state index in [9.17, 15) is 18.0 Å². The quantitative estimate of drug-likeness (QED) is 0.247. The van der Waals surface area contributed by atoms with Crippen molar-refractivity contribution in [3.05, 3.63) is 42.7 Å². The van der Waals surface area contributed by atoms with Crippen molar-refractivity contribution in [3.63, 3.8) is 0 Å². The van der Waals surface area contributed by atoms with E-state index in [1.165, 1.54) is 36.0 Å². The standard InChI is InChI=1S/C20H25N3O8S/c24-18(23-26)20(8-13-29-14-9-20)32(27,28)16-6-4-15(5-7-16)30-12-2-10-21-19(25)22-17-3-1-11-31-17/h1,3-7,11,26H,2,8-10,12-14H2,(H,23,24)(H2,21,22,25). The number of rotatable bonds is 9. The topological polar surface area (TPSA) is 156 Å². The van der Waals surface area contributed by atoms with Crippen molar-refractivity contribution in [3.8, 4) is 5.75 Å². The predicted molar refractivity (Wildman–Crippen MR) is 112 cm³/mol. The van der Waals surface area contributed by atoms with Gasteiger partial charge in [0.25, 0.3) is 5.91 Å². The normalized spacial score (nSPS) is 15.5. The Balaban J connectivity index is 1.51. The number of hydrogen-bond acceptors (Lipinski definition) is 8. The number of nitrogens with one attached hydrogen (secondary N) is 3. The maximum absolute atomic E-state index is 13.2. The number of carbonyl (C=O) groups is 2. The highest BCUT2D eigenvalue weighted by molar-refractivity contribution is 7.93. The molecule has 1 aromatic carbocycles. The van der Waals surface area contributed by atoms with Gasteiger partial charge in [-0.1, -0.05) is 0 Å². The lowest BCUT2D eigenvalue weighted by molar-refractivity contribution is -0.134. The Labute approximate surface area is 184 Å². The molecule has 0 unspecified atom stereocenters. The Morgan fingerprint density at radius 2 is 1.84 bits per heavy atom. The van der Waals surface area contributed by atoms with Crippen molar-refractivity contribution in [2.45, 2.75) is 28.9 Å². The first kappa shape index (κ1) is 23.6. The van der Waals surface area contributed by atoms with Gasteiger partial charge in [0.15, 0.2) is 14.6 Å². The van der Waals surface area contributed by atoms with Gasteiger partial charge >= 0.3 is 6.03 Å². The smallest absolute Gasteiger partial charge is 0.321 e. The van der Waals surface area contributed by atoms with Crippen LogP contribution in [0.2, 0.25) is 0 Å². The van der Waals surface area contributed by atoms with Crippen LogP contribution in [0.25, 0.3) is 0 Å². The third-order valence-electron chi connectivity index (χ3n) is 5.10. The third-order valence-corrected chi connectivity index (χ3v) is 7.61. The summed E-state index contributed by atoms with van der Waals surface area (Å²) in [5.74, 6) is -0.186. The van der Waals surface area contributed by atoms with E-state index in [1.54, 1.807) is 12.1 Å². The molecule has 174 valence electrons. The Kier molecular flexibility index (Phi) is 7.72. The summed E-state index contributed by atoms with van der Waals surface area (Å²) < 4.78 is 40.3. The molecule has 3 amide bonds. The minimum Gasteiger partial charge on any atom is -0.494 e. The van der Waals surface area contributed by atoms with Crippen LogP contribution >= 0.6 is 0 Å². The van der Waals surface area contributed by atoms with Crippen LogP contribution in [0.3, 0.4) is 0 Å². The molecular weight excluding hydrogens is 442 g/mol. The fourth-order valence-electron chi connectivity index (χ4n) is 3.33. The zero-order valence-corrected chi connectivity index (χ0v) is 18.0. The molecule has 4 N–H and O–H groups in total. The lowest BCUT2D eigenvalue weighted by Crippen LogP contribution is -2.54. The lowest BCUT2D eigenvalue weighted by Gasteiger charge is -2.34. The number of hydroxylamine groups is 1. The minimum absolute atomic E-state index is 0.0494. The average Bonchev–Trinajstić information content (AvgIpc) is 3.32. The van der Waals surface area contributed by atoms with Gasteiger partial charge in [0.05, 0.1) is 17.8 Å². The molecule has 0 aliphatic carbocycles. The lowest BCUT2D eigenvalue weighted by atomic mass is 9.98. The molecule has 3 rings (SSSR count). The maximum Gasteiger partial charge on any atom is 0.321 e. The molecule has 12 heteroatoms. The number of ether oxygens (including phenoxy) is 2. The van der Waals surface area contributed by atoms with Gasteiger partial charge in [-0.3, -0.25) is 15.3 Å². The summed E-state index contributed by atoms with van der Waals surface area (Å²) in [6.45, 7) is 0.851. The largest absolute Gasteiger partial charge is 0.494 e. The molecule has 1 aliphatic rings. The second kappa shape index (κ2) is 10.5. The van der Waals surface area contributed by atoms with Gasteiger partial charge in [-0.15, -0.1) is 0 Å². The van der Waals surface area contributed by atoms with E-state index in [0.717, 1.165) is 0 Å². The highest BCUT2D eigenvalue weighted by atomic mass is 32.2. The van der Waals surface area contributed by atoms with Crippen LogP contribution in [-0.4, -0.2) is 56.7 Å². The number of urea groups is 1. The van der Waals surface area contributed by atoms with Gasteiger partial charge in [0, 0.05) is 25.8 Å². The van der Waals surface area contributed by atoms with Gasteiger partial charge in [-0.2, -0.15) is 0 Å². The van der Waals surface area contributed by atoms with Gasteiger partial charge in [-0.05, 0) is 49.6 Å². The first-order valence-corrected chi connectivity index (χ1v) is 11.5. The minimum atomic E-state index is -4.08. The Bertz CT molecular complexity index is 1000. The molecule has 11 nitrogen and oxygen atoms in total. The fraction of sp³-hybridized carbons (Fsp3) is 0.400. The number of furan rings is 1. The van der Waals surface area contributed by atoms with Crippen molar-refractivity contribution >= 4 is 27.7 Å². The van der Waals surface area contributed by atoms with Crippen molar-refractivity contribution in [1.82, 2.24) is 10.8 Å². The highest BCUT2D eigenvalue weighted by Crippen LogP contribution is 2.35. The fourth-order valence-corrected chi connectivity index (χ4v) is 5.27. The first-order chi connectivity index (χ1) is 15.4. The van der Waals surface area contributed by atoms with Crippen LogP contribution in [0, 0.1) is 0 Å². The Morgan fingerprint density at radius 1 is 1.12 bits per heavy atom. The van der Waals surface area contributed by atoms with E-state index in [0.29, 0.717) is 31.2 Å². The number of benzene rings is 1. The molecular formula is C20H25N3O8S. The molecule has 0 atom stereocenters. The summed E-state index contributed by atoms with van der Waals surface area (Å²) in [5, 5.41) is 14.3. The van der Waals surface area contributed by atoms with Crippen molar-refractivity contribution in [2.75, 3.05) is 31.7 Å².